The number of piperazine rings is 1. The number of para-hydroxylation sites is 1. The van der Waals surface area contributed by atoms with Gasteiger partial charge in [-0.25, -0.2) is 0 Å². The maximum Gasteiger partial charge on any atom is 0.251 e. The molecule has 3 saturated heterocycles. The quantitative estimate of drug-likeness (QED) is 0.764. The lowest BCUT2D eigenvalue weighted by Gasteiger charge is -2.37. The first-order valence-corrected chi connectivity index (χ1v) is 11.2. The highest BCUT2D eigenvalue weighted by molar-refractivity contribution is 5.81. The van der Waals surface area contributed by atoms with E-state index in [1.165, 1.54) is 5.69 Å². The number of carbonyl (C=O) groups excluding carboxylic acids is 2. The average molecular weight is 400 g/mol. The molecule has 1 aromatic rings. The number of carbonyl (C=O) groups is 2. The fourth-order valence-corrected chi connectivity index (χ4v) is 4.76. The van der Waals surface area contributed by atoms with Crippen LogP contribution in [-0.4, -0.2) is 73.6 Å². The Labute approximate surface area is 173 Å². The number of hydrogen-bond donors (Lipinski definition) is 0. The second kappa shape index (κ2) is 9.61. The molecule has 0 radical (unpaired) electrons. The van der Waals surface area contributed by atoms with Gasteiger partial charge in [0.2, 0.25) is 5.91 Å². The van der Waals surface area contributed by atoms with E-state index >= 15 is 0 Å². The Morgan fingerprint density at radius 2 is 1.62 bits per heavy atom. The van der Waals surface area contributed by atoms with Crippen LogP contribution in [0, 0.1) is 5.92 Å². The molecule has 0 saturated carbocycles. The lowest BCUT2D eigenvalue weighted by atomic mass is 9.91. The fourth-order valence-electron chi connectivity index (χ4n) is 4.76. The van der Waals surface area contributed by atoms with Crippen LogP contribution in [-0.2, 0) is 14.3 Å². The van der Waals surface area contributed by atoms with Crippen LogP contribution < -0.4 is 4.90 Å². The monoisotopic (exact) mass is 399 g/mol. The first kappa shape index (κ1) is 20.2. The predicted octanol–water partition coefficient (Wildman–Crippen LogP) is 2.53. The van der Waals surface area contributed by atoms with E-state index in [0.717, 1.165) is 71.4 Å². The van der Waals surface area contributed by atoms with Gasteiger partial charge in [-0.1, -0.05) is 18.2 Å². The van der Waals surface area contributed by atoms with E-state index in [1.54, 1.807) is 0 Å². The summed E-state index contributed by atoms with van der Waals surface area (Å²) in [6, 6.07) is 10.4. The van der Waals surface area contributed by atoms with Gasteiger partial charge in [0.15, 0.2) is 0 Å². The zero-order valence-electron chi connectivity index (χ0n) is 17.3. The molecule has 4 rings (SSSR count). The lowest BCUT2D eigenvalue weighted by molar-refractivity contribution is -0.142. The largest absolute Gasteiger partial charge is 0.368 e. The summed E-state index contributed by atoms with van der Waals surface area (Å²) in [6.07, 6.45) is 5.25. The van der Waals surface area contributed by atoms with Crippen LogP contribution in [0.1, 0.15) is 38.5 Å². The number of hydrogen-bond acceptors (Lipinski definition) is 4. The van der Waals surface area contributed by atoms with Crippen LogP contribution in [0.5, 0.6) is 0 Å². The Balaban J connectivity index is 1.15. The van der Waals surface area contributed by atoms with Gasteiger partial charge in [0, 0.05) is 58.0 Å². The minimum atomic E-state index is -0.206. The third-order valence-corrected chi connectivity index (χ3v) is 6.65. The van der Waals surface area contributed by atoms with Gasteiger partial charge in [0.25, 0.3) is 5.91 Å². The molecule has 3 aliphatic heterocycles. The zero-order valence-corrected chi connectivity index (χ0v) is 17.3. The maximum atomic E-state index is 12.7. The summed E-state index contributed by atoms with van der Waals surface area (Å²) in [6.45, 7) is 5.76. The average Bonchev–Trinajstić information content (AvgIpc) is 3.33. The molecule has 1 unspecified atom stereocenters. The van der Waals surface area contributed by atoms with E-state index in [4.69, 9.17) is 4.74 Å². The van der Waals surface area contributed by atoms with Gasteiger partial charge in [-0.3, -0.25) is 9.59 Å². The van der Waals surface area contributed by atoms with Gasteiger partial charge < -0.3 is 19.4 Å². The van der Waals surface area contributed by atoms with Crippen molar-refractivity contribution in [3.8, 4) is 0 Å². The molecule has 2 amide bonds. The van der Waals surface area contributed by atoms with Crippen molar-refractivity contribution in [2.45, 2.75) is 44.6 Å². The van der Waals surface area contributed by atoms with Crippen LogP contribution >= 0.6 is 0 Å². The highest BCUT2D eigenvalue weighted by Crippen LogP contribution is 2.25. The molecule has 6 nitrogen and oxygen atoms in total. The molecular weight excluding hydrogens is 366 g/mol. The van der Waals surface area contributed by atoms with E-state index in [0.29, 0.717) is 18.9 Å². The third kappa shape index (κ3) is 5.10. The highest BCUT2D eigenvalue weighted by atomic mass is 16.5. The molecule has 158 valence electrons. The van der Waals surface area contributed by atoms with Crippen molar-refractivity contribution in [3.05, 3.63) is 30.3 Å². The Morgan fingerprint density at radius 3 is 2.28 bits per heavy atom. The van der Waals surface area contributed by atoms with Crippen molar-refractivity contribution >= 4 is 17.5 Å². The summed E-state index contributed by atoms with van der Waals surface area (Å²) >= 11 is 0. The minimum absolute atomic E-state index is 0.174. The number of ether oxygens (including phenoxy) is 1. The van der Waals surface area contributed by atoms with Crippen LogP contribution in [0.25, 0.3) is 0 Å². The molecule has 0 aliphatic carbocycles. The van der Waals surface area contributed by atoms with Crippen molar-refractivity contribution in [2.75, 3.05) is 50.8 Å². The molecule has 0 spiro atoms. The fraction of sp³-hybridized carbons (Fsp3) is 0.652. The first-order valence-electron chi connectivity index (χ1n) is 11.2. The molecule has 1 aromatic carbocycles. The molecule has 0 bridgehead atoms. The van der Waals surface area contributed by atoms with Crippen molar-refractivity contribution in [1.82, 2.24) is 9.80 Å². The first-order chi connectivity index (χ1) is 14.2. The van der Waals surface area contributed by atoms with Gasteiger partial charge in [-0.2, -0.15) is 0 Å². The van der Waals surface area contributed by atoms with Gasteiger partial charge in [-0.15, -0.1) is 0 Å². The number of amides is 2. The second-order valence-corrected chi connectivity index (χ2v) is 8.51. The molecule has 3 aliphatic rings. The summed E-state index contributed by atoms with van der Waals surface area (Å²) in [5, 5.41) is 0. The van der Waals surface area contributed by atoms with Crippen molar-refractivity contribution in [1.29, 1.82) is 0 Å². The summed E-state index contributed by atoms with van der Waals surface area (Å²) in [5.74, 6) is 1.02. The van der Waals surface area contributed by atoms with Gasteiger partial charge in [-0.05, 0) is 50.2 Å². The molecule has 0 N–H and O–H groups in total. The molecule has 6 heteroatoms. The van der Waals surface area contributed by atoms with Gasteiger partial charge in [0.05, 0.1) is 0 Å². The molecule has 0 aromatic heterocycles. The van der Waals surface area contributed by atoms with E-state index in [1.807, 2.05) is 15.9 Å². The standard InChI is InChI=1S/C23H33N3O3/c27-22(25-16-14-24(15-17-25)20-5-2-1-3-6-20)9-8-19-10-12-26(13-11-19)23(28)21-7-4-18-29-21/h1-3,5-6,19,21H,4,7-18H2. The highest BCUT2D eigenvalue weighted by Gasteiger charge is 2.31. The lowest BCUT2D eigenvalue weighted by Crippen LogP contribution is -2.49. The summed E-state index contributed by atoms with van der Waals surface area (Å²) < 4.78 is 5.53. The normalized spacial score (nSPS) is 23.4. The SMILES string of the molecule is O=C(CCC1CCN(C(=O)C2CCCO2)CC1)N1CCN(c2ccccc2)CC1. The van der Waals surface area contributed by atoms with Crippen molar-refractivity contribution in [2.24, 2.45) is 5.92 Å². The Bertz CT molecular complexity index is 674. The van der Waals surface area contributed by atoms with Crippen LogP contribution in [0.2, 0.25) is 0 Å². The number of rotatable bonds is 5. The van der Waals surface area contributed by atoms with Crippen molar-refractivity contribution < 1.29 is 14.3 Å². The molecular formula is C23H33N3O3. The van der Waals surface area contributed by atoms with Crippen molar-refractivity contribution in [3.63, 3.8) is 0 Å². The number of likely N-dealkylation sites (tertiary alicyclic amines) is 1. The molecule has 1 atom stereocenters. The minimum Gasteiger partial charge on any atom is -0.368 e. The number of nitrogens with zero attached hydrogens (tertiary/aromatic N) is 3. The van der Waals surface area contributed by atoms with Crippen LogP contribution in [0.4, 0.5) is 5.69 Å². The Hall–Kier alpha value is -2.08. The van der Waals surface area contributed by atoms with E-state index < -0.39 is 0 Å². The van der Waals surface area contributed by atoms with E-state index in [2.05, 4.69) is 29.2 Å². The summed E-state index contributed by atoms with van der Waals surface area (Å²) in [7, 11) is 0. The molecule has 3 fully saturated rings. The summed E-state index contributed by atoms with van der Waals surface area (Å²) in [4.78, 5) is 31.4. The van der Waals surface area contributed by atoms with Gasteiger partial charge >= 0.3 is 0 Å². The topological polar surface area (TPSA) is 53.1 Å². The molecule has 29 heavy (non-hydrogen) atoms. The summed E-state index contributed by atoms with van der Waals surface area (Å²) in [5.41, 5.74) is 1.24. The van der Waals surface area contributed by atoms with E-state index in [-0.39, 0.29) is 17.9 Å². The Kier molecular flexibility index (Phi) is 6.70. The second-order valence-electron chi connectivity index (χ2n) is 8.51. The zero-order chi connectivity index (χ0) is 20.1. The van der Waals surface area contributed by atoms with Crippen LogP contribution in [0.15, 0.2) is 30.3 Å². The smallest absolute Gasteiger partial charge is 0.251 e. The van der Waals surface area contributed by atoms with Gasteiger partial charge in [0.1, 0.15) is 6.10 Å². The van der Waals surface area contributed by atoms with E-state index in [9.17, 15) is 9.59 Å². The number of benzene rings is 1. The number of anilines is 1. The maximum absolute atomic E-state index is 12.7. The number of piperidine rings is 1. The van der Waals surface area contributed by atoms with Crippen LogP contribution in [0.3, 0.4) is 0 Å². The molecule has 3 heterocycles. The predicted molar refractivity (Wildman–Crippen MR) is 113 cm³/mol. The third-order valence-electron chi connectivity index (χ3n) is 6.65. The Morgan fingerprint density at radius 1 is 0.897 bits per heavy atom.